The van der Waals surface area contributed by atoms with Gasteiger partial charge >= 0.3 is 0 Å². The number of carbonyl (C=O) groups is 1. The lowest BCUT2D eigenvalue weighted by molar-refractivity contribution is 0.0728. The second-order valence-corrected chi connectivity index (χ2v) is 7.21. The summed E-state index contributed by atoms with van der Waals surface area (Å²) < 4.78 is 13.6. The third-order valence-corrected chi connectivity index (χ3v) is 5.21. The molecule has 6 heteroatoms. The van der Waals surface area contributed by atoms with Crippen molar-refractivity contribution in [3.05, 3.63) is 70.5 Å². The molecule has 1 saturated heterocycles. The predicted octanol–water partition coefficient (Wildman–Crippen LogP) is 4.60. The van der Waals surface area contributed by atoms with Crippen LogP contribution in [-0.4, -0.2) is 33.4 Å². The van der Waals surface area contributed by atoms with E-state index in [1.165, 1.54) is 0 Å². The number of amides is 1. The van der Waals surface area contributed by atoms with E-state index in [0.717, 1.165) is 24.8 Å². The molecule has 138 valence electrons. The highest BCUT2D eigenvalue weighted by Crippen LogP contribution is 2.25. The molecule has 1 aliphatic rings. The molecule has 27 heavy (non-hydrogen) atoms. The van der Waals surface area contributed by atoms with Crippen LogP contribution in [0, 0.1) is 0 Å². The Balaban J connectivity index is 1.64. The number of nitrogens with zero attached hydrogens (tertiary/aromatic N) is 3. The first-order chi connectivity index (χ1) is 13.2. The second-order valence-electron chi connectivity index (χ2n) is 6.77. The van der Waals surface area contributed by atoms with Gasteiger partial charge in [0.25, 0.3) is 5.91 Å². The Morgan fingerprint density at radius 2 is 1.93 bits per heavy atom. The molecule has 1 fully saturated rings. The van der Waals surface area contributed by atoms with Gasteiger partial charge in [0.05, 0.1) is 11.0 Å². The van der Waals surface area contributed by atoms with Crippen LogP contribution in [0.5, 0.6) is 0 Å². The minimum atomic E-state index is -0.814. The molecule has 0 N–H and O–H groups in total. The summed E-state index contributed by atoms with van der Waals surface area (Å²) in [4.78, 5) is 23.7. The third kappa shape index (κ3) is 3.65. The first-order valence-electron chi connectivity index (χ1n) is 9.03. The summed E-state index contributed by atoms with van der Waals surface area (Å²) in [7, 11) is 0. The van der Waals surface area contributed by atoms with Crippen LogP contribution in [-0.2, 0) is 13.1 Å². The minimum absolute atomic E-state index is 0.0525. The molecule has 0 aliphatic carbocycles. The summed E-state index contributed by atoms with van der Waals surface area (Å²) in [6, 6.07) is 14.9. The van der Waals surface area contributed by atoms with Crippen molar-refractivity contribution in [3.8, 4) is 0 Å². The van der Waals surface area contributed by atoms with E-state index in [1.807, 2.05) is 36.4 Å². The lowest BCUT2D eigenvalue weighted by atomic mass is 10.0. The number of hydrogen-bond donors (Lipinski definition) is 0. The molecular formula is C21H19ClFN3O. The monoisotopic (exact) mass is 383 g/mol. The lowest BCUT2D eigenvalue weighted by Crippen LogP contribution is -2.38. The number of fused-ring (bicyclic) bond motifs is 1. The van der Waals surface area contributed by atoms with Crippen LogP contribution < -0.4 is 0 Å². The Kier molecular flexibility index (Phi) is 5.03. The Morgan fingerprint density at radius 1 is 1.15 bits per heavy atom. The Morgan fingerprint density at radius 3 is 2.67 bits per heavy atom. The Bertz CT molecular complexity index is 994. The van der Waals surface area contributed by atoms with Gasteiger partial charge in [0, 0.05) is 17.6 Å². The number of alkyl halides is 1. The number of rotatable bonds is 4. The van der Waals surface area contributed by atoms with Crippen molar-refractivity contribution in [2.75, 3.05) is 6.54 Å². The molecule has 2 aromatic carbocycles. The molecule has 3 aromatic rings. The van der Waals surface area contributed by atoms with Crippen molar-refractivity contribution >= 4 is 28.5 Å². The number of carbonyl (C=O) groups excluding carboxylic acids is 1. The van der Waals surface area contributed by atoms with E-state index >= 15 is 0 Å². The van der Waals surface area contributed by atoms with Crippen LogP contribution >= 0.6 is 11.6 Å². The molecule has 4 nitrogen and oxygen atoms in total. The van der Waals surface area contributed by atoms with Gasteiger partial charge in [-0.25, -0.2) is 14.4 Å². The fourth-order valence-corrected chi connectivity index (χ4v) is 3.90. The maximum atomic E-state index is 13.6. The fraction of sp³-hybridized carbons (Fsp3) is 0.286. The van der Waals surface area contributed by atoms with Crippen molar-refractivity contribution < 1.29 is 9.18 Å². The summed E-state index contributed by atoms with van der Waals surface area (Å²) in [6.45, 7) is -0.171. The van der Waals surface area contributed by atoms with Crippen LogP contribution in [0.3, 0.4) is 0 Å². The molecule has 1 aliphatic heterocycles. The number of benzene rings is 2. The molecule has 0 saturated carbocycles. The molecule has 1 aromatic heterocycles. The second kappa shape index (κ2) is 7.61. The van der Waals surface area contributed by atoms with Gasteiger partial charge in [0.2, 0.25) is 0 Å². The number of aromatic nitrogens is 2. The first-order valence-corrected chi connectivity index (χ1v) is 9.40. The van der Waals surface area contributed by atoms with Gasteiger partial charge in [0.1, 0.15) is 12.4 Å². The zero-order chi connectivity index (χ0) is 18.8. The normalized spacial score (nSPS) is 16.8. The number of hydrogen-bond acceptors (Lipinski definition) is 3. The first kappa shape index (κ1) is 17.9. The molecular weight excluding hydrogens is 365 g/mol. The average molecular weight is 384 g/mol. The van der Waals surface area contributed by atoms with E-state index in [0.29, 0.717) is 22.6 Å². The van der Waals surface area contributed by atoms with E-state index in [2.05, 4.69) is 9.97 Å². The molecule has 1 unspecified atom stereocenters. The van der Waals surface area contributed by atoms with Gasteiger partial charge < -0.3 is 4.90 Å². The van der Waals surface area contributed by atoms with E-state index < -0.39 is 6.67 Å². The number of halogens is 2. The highest BCUT2D eigenvalue weighted by atomic mass is 35.5. The zero-order valence-corrected chi connectivity index (χ0v) is 15.5. The maximum absolute atomic E-state index is 13.6. The van der Waals surface area contributed by atoms with Gasteiger partial charge in [-0.05, 0) is 49.1 Å². The molecule has 0 bridgehead atoms. The van der Waals surface area contributed by atoms with Gasteiger partial charge in [-0.1, -0.05) is 35.9 Å². The fourth-order valence-electron chi connectivity index (χ4n) is 3.69. The number of likely N-dealkylation sites (tertiary alicyclic amines) is 1. The van der Waals surface area contributed by atoms with Crippen molar-refractivity contribution in [1.29, 1.82) is 0 Å². The summed E-state index contributed by atoms with van der Waals surface area (Å²) >= 11 is 6.08. The standard InChI is InChI=1S/C21H19ClFN3O/c22-15-6-3-5-14(11-15)12-16-7-4-10-26(16)21(27)20-19(13-23)24-17-8-1-2-9-18(17)25-20/h1-3,5-6,8-9,11,16H,4,7,10,12-13H2. The topological polar surface area (TPSA) is 46.1 Å². The van der Waals surface area contributed by atoms with Crippen LogP contribution in [0.4, 0.5) is 4.39 Å². The lowest BCUT2D eigenvalue weighted by Gasteiger charge is -2.25. The Hall–Kier alpha value is -2.53. The zero-order valence-electron chi connectivity index (χ0n) is 14.7. The van der Waals surface area contributed by atoms with E-state index in [4.69, 9.17) is 11.6 Å². The SMILES string of the molecule is O=C(c1nc2ccccc2nc1CF)N1CCCC1Cc1cccc(Cl)c1. The van der Waals surface area contributed by atoms with Crippen molar-refractivity contribution in [2.24, 2.45) is 0 Å². The summed E-state index contributed by atoms with van der Waals surface area (Å²) in [6.07, 6.45) is 2.55. The smallest absolute Gasteiger partial charge is 0.274 e. The van der Waals surface area contributed by atoms with Crippen LogP contribution in [0.2, 0.25) is 5.02 Å². The average Bonchev–Trinajstić information content (AvgIpc) is 3.14. The predicted molar refractivity (Wildman–Crippen MR) is 104 cm³/mol. The maximum Gasteiger partial charge on any atom is 0.274 e. The number of para-hydroxylation sites is 2. The quantitative estimate of drug-likeness (QED) is 0.661. The molecule has 1 amide bonds. The largest absolute Gasteiger partial charge is 0.334 e. The van der Waals surface area contributed by atoms with Crippen LogP contribution in [0.1, 0.15) is 34.6 Å². The highest BCUT2D eigenvalue weighted by Gasteiger charge is 2.32. The third-order valence-electron chi connectivity index (χ3n) is 4.97. The minimum Gasteiger partial charge on any atom is -0.334 e. The van der Waals surface area contributed by atoms with E-state index in [9.17, 15) is 9.18 Å². The van der Waals surface area contributed by atoms with Gasteiger partial charge in [-0.15, -0.1) is 0 Å². The van der Waals surface area contributed by atoms with Crippen molar-refractivity contribution in [3.63, 3.8) is 0 Å². The summed E-state index contributed by atoms with van der Waals surface area (Å²) in [5.41, 5.74) is 2.51. The van der Waals surface area contributed by atoms with Gasteiger partial charge in [-0.2, -0.15) is 0 Å². The summed E-state index contributed by atoms with van der Waals surface area (Å²) in [5.74, 6) is -0.245. The Labute approximate surface area is 162 Å². The van der Waals surface area contributed by atoms with Crippen LogP contribution in [0.15, 0.2) is 48.5 Å². The molecule has 1 atom stereocenters. The van der Waals surface area contributed by atoms with Gasteiger partial charge in [-0.3, -0.25) is 4.79 Å². The van der Waals surface area contributed by atoms with Gasteiger partial charge in [0.15, 0.2) is 5.69 Å². The van der Waals surface area contributed by atoms with Crippen LogP contribution in [0.25, 0.3) is 11.0 Å². The van der Waals surface area contributed by atoms with Crippen molar-refractivity contribution in [2.45, 2.75) is 32.0 Å². The van der Waals surface area contributed by atoms with Crippen molar-refractivity contribution in [1.82, 2.24) is 14.9 Å². The van der Waals surface area contributed by atoms with E-state index in [1.54, 1.807) is 17.0 Å². The highest BCUT2D eigenvalue weighted by molar-refractivity contribution is 6.30. The van der Waals surface area contributed by atoms with E-state index in [-0.39, 0.29) is 23.3 Å². The molecule has 0 radical (unpaired) electrons. The molecule has 4 rings (SSSR count). The molecule has 0 spiro atoms. The summed E-state index contributed by atoms with van der Waals surface area (Å²) in [5, 5.41) is 0.684. The molecule has 2 heterocycles.